The molecule has 5 nitrogen and oxygen atoms in total. The molecule has 0 aliphatic carbocycles. The van der Waals surface area contributed by atoms with E-state index in [1.165, 1.54) is 7.11 Å². The van der Waals surface area contributed by atoms with E-state index >= 15 is 0 Å². The summed E-state index contributed by atoms with van der Waals surface area (Å²) in [5.74, 6) is 1.20. The minimum atomic E-state index is -0.411. The SMILES string of the molecule is COc1ccc(-c2c(C)c[nH]c(=O)c2C#N)c(OC)c1. The van der Waals surface area contributed by atoms with Crippen LogP contribution >= 0.6 is 0 Å². The number of nitrogens with zero attached hydrogens (tertiary/aromatic N) is 1. The highest BCUT2D eigenvalue weighted by molar-refractivity contribution is 5.78. The smallest absolute Gasteiger partial charge is 0.266 e. The Balaban J connectivity index is 2.78. The summed E-state index contributed by atoms with van der Waals surface area (Å²) in [6.07, 6.45) is 1.59. The summed E-state index contributed by atoms with van der Waals surface area (Å²) < 4.78 is 10.5. The summed E-state index contributed by atoms with van der Waals surface area (Å²) in [5.41, 5.74) is 1.73. The van der Waals surface area contributed by atoms with Gasteiger partial charge in [-0.1, -0.05) is 0 Å². The van der Waals surface area contributed by atoms with Crippen LogP contribution in [0.5, 0.6) is 11.5 Å². The first-order valence-electron chi connectivity index (χ1n) is 5.97. The zero-order valence-corrected chi connectivity index (χ0v) is 11.5. The molecule has 0 atom stereocenters. The zero-order chi connectivity index (χ0) is 14.7. The maximum atomic E-state index is 11.8. The summed E-state index contributed by atoms with van der Waals surface area (Å²) >= 11 is 0. The second-order valence-corrected chi connectivity index (χ2v) is 4.23. The minimum absolute atomic E-state index is 0.0773. The zero-order valence-electron chi connectivity index (χ0n) is 11.5. The molecule has 0 unspecified atom stereocenters. The number of ether oxygens (including phenoxy) is 2. The average molecular weight is 270 g/mol. The summed E-state index contributed by atoms with van der Waals surface area (Å²) in [4.78, 5) is 14.3. The van der Waals surface area contributed by atoms with E-state index in [0.717, 1.165) is 5.56 Å². The fourth-order valence-corrected chi connectivity index (χ4v) is 2.09. The average Bonchev–Trinajstić information content (AvgIpc) is 2.48. The van der Waals surface area contributed by atoms with Crippen molar-refractivity contribution in [3.63, 3.8) is 0 Å². The standard InChI is InChI=1S/C15H14N2O3/c1-9-8-17-15(18)12(7-16)14(9)11-5-4-10(19-2)6-13(11)20-3/h4-6,8H,1-3H3,(H,17,18). The fraction of sp³-hybridized carbons (Fsp3) is 0.200. The first-order valence-corrected chi connectivity index (χ1v) is 5.97. The van der Waals surface area contributed by atoms with Gasteiger partial charge in [-0.15, -0.1) is 0 Å². The summed E-state index contributed by atoms with van der Waals surface area (Å²) in [6.45, 7) is 1.83. The number of hydrogen-bond donors (Lipinski definition) is 1. The molecule has 2 aromatic rings. The van der Waals surface area contributed by atoms with Crippen LogP contribution in [0.1, 0.15) is 11.1 Å². The molecular weight excluding hydrogens is 256 g/mol. The maximum absolute atomic E-state index is 11.8. The number of rotatable bonds is 3. The summed E-state index contributed by atoms with van der Waals surface area (Å²) in [6, 6.07) is 7.21. The lowest BCUT2D eigenvalue weighted by molar-refractivity contribution is 0.395. The summed E-state index contributed by atoms with van der Waals surface area (Å²) in [5, 5.41) is 9.21. The number of H-pyrrole nitrogens is 1. The van der Waals surface area contributed by atoms with Crippen molar-refractivity contribution >= 4 is 0 Å². The number of aromatic amines is 1. The predicted octanol–water partition coefficient (Wildman–Crippen LogP) is 2.24. The van der Waals surface area contributed by atoms with Crippen LogP contribution in [0.2, 0.25) is 0 Å². The number of methoxy groups -OCH3 is 2. The van der Waals surface area contributed by atoms with Crippen LogP contribution in [0.25, 0.3) is 11.1 Å². The van der Waals surface area contributed by atoms with E-state index in [0.29, 0.717) is 22.6 Å². The van der Waals surface area contributed by atoms with Gasteiger partial charge in [-0.2, -0.15) is 5.26 Å². The van der Waals surface area contributed by atoms with Crippen LogP contribution in [-0.4, -0.2) is 19.2 Å². The largest absolute Gasteiger partial charge is 0.497 e. The van der Waals surface area contributed by atoms with E-state index in [4.69, 9.17) is 9.47 Å². The molecule has 20 heavy (non-hydrogen) atoms. The molecule has 0 aliphatic rings. The van der Waals surface area contributed by atoms with Crippen LogP contribution in [0.4, 0.5) is 0 Å². The van der Waals surface area contributed by atoms with E-state index < -0.39 is 5.56 Å². The van der Waals surface area contributed by atoms with Gasteiger partial charge >= 0.3 is 0 Å². The molecule has 0 amide bonds. The molecular formula is C15H14N2O3. The molecule has 0 radical (unpaired) electrons. The number of aryl methyl sites for hydroxylation is 1. The van der Waals surface area contributed by atoms with Gasteiger partial charge in [0.25, 0.3) is 5.56 Å². The normalized spacial score (nSPS) is 9.90. The minimum Gasteiger partial charge on any atom is -0.497 e. The Bertz CT molecular complexity index is 742. The van der Waals surface area contributed by atoms with Crippen LogP contribution in [0.15, 0.2) is 29.2 Å². The van der Waals surface area contributed by atoms with Crippen molar-refractivity contribution in [2.75, 3.05) is 14.2 Å². The number of nitriles is 1. The second-order valence-electron chi connectivity index (χ2n) is 4.23. The Kier molecular flexibility index (Phi) is 3.76. The van der Waals surface area contributed by atoms with Crippen LogP contribution < -0.4 is 15.0 Å². The van der Waals surface area contributed by atoms with E-state index in [9.17, 15) is 10.1 Å². The highest BCUT2D eigenvalue weighted by Crippen LogP contribution is 2.35. The molecule has 0 fully saturated rings. The van der Waals surface area contributed by atoms with Crippen molar-refractivity contribution in [2.45, 2.75) is 6.92 Å². The van der Waals surface area contributed by atoms with Crippen LogP contribution in [0.3, 0.4) is 0 Å². The number of pyridine rings is 1. The van der Waals surface area contributed by atoms with Gasteiger partial charge in [0.15, 0.2) is 0 Å². The Morgan fingerprint density at radius 2 is 2.00 bits per heavy atom. The quantitative estimate of drug-likeness (QED) is 0.928. The van der Waals surface area contributed by atoms with E-state index in [1.54, 1.807) is 31.5 Å². The Labute approximate surface area is 116 Å². The van der Waals surface area contributed by atoms with E-state index in [1.807, 2.05) is 13.0 Å². The highest BCUT2D eigenvalue weighted by atomic mass is 16.5. The molecule has 1 heterocycles. The lowest BCUT2D eigenvalue weighted by Crippen LogP contribution is -2.12. The number of benzene rings is 1. The maximum Gasteiger partial charge on any atom is 0.266 e. The monoisotopic (exact) mass is 270 g/mol. The third-order valence-electron chi connectivity index (χ3n) is 3.08. The molecule has 2 rings (SSSR count). The third kappa shape index (κ3) is 2.24. The van der Waals surface area contributed by atoms with Gasteiger partial charge in [0.1, 0.15) is 23.1 Å². The van der Waals surface area contributed by atoms with Crippen LogP contribution in [-0.2, 0) is 0 Å². The van der Waals surface area contributed by atoms with E-state index in [-0.39, 0.29) is 5.56 Å². The van der Waals surface area contributed by atoms with Gasteiger partial charge in [0.2, 0.25) is 0 Å². The first-order chi connectivity index (χ1) is 9.62. The Morgan fingerprint density at radius 3 is 2.60 bits per heavy atom. The second kappa shape index (κ2) is 5.49. The molecule has 1 N–H and O–H groups in total. The Hall–Kier alpha value is -2.74. The third-order valence-corrected chi connectivity index (χ3v) is 3.08. The van der Waals surface area contributed by atoms with Gasteiger partial charge in [-0.25, -0.2) is 0 Å². The van der Waals surface area contributed by atoms with Gasteiger partial charge in [0.05, 0.1) is 14.2 Å². The van der Waals surface area contributed by atoms with Gasteiger partial charge < -0.3 is 14.5 Å². The number of nitrogens with one attached hydrogen (secondary N) is 1. The lowest BCUT2D eigenvalue weighted by Gasteiger charge is -2.13. The lowest BCUT2D eigenvalue weighted by atomic mass is 9.97. The van der Waals surface area contributed by atoms with Gasteiger partial charge in [-0.05, 0) is 24.6 Å². The molecule has 0 bridgehead atoms. The topological polar surface area (TPSA) is 75.1 Å². The molecule has 0 saturated carbocycles. The van der Waals surface area contributed by atoms with Crippen molar-refractivity contribution in [3.05, 3.63) is 45.9 Å². The van der Waals surface area contributed by atoms with Crippen molar-refractivity contribution in [2.24, 2.45) is 0 Å². The van der Waals surface area contributed by atoms with Crippen molar-refractivity contribution in [1.29, 1.82) is 5.26 Å². The van der Waals surface area contributed by atoms with Gasteiger partial charge in [0, 0.05) is 23.4 Å². The summed E-state index contributed by atoms with van der Waals surface area (Å²) in [7, 11) is 3.10. The Morgan fingerprint density at radius 1 is 1.25 bits per heavy atom. The fourth-order valence-electron chi connectivity index (χ4n) is 2.09. The molecule has 102 valence electrons. The predicted molar refractivity (Wildman–Crippen MR) is 75.1 cm³/mol. The van der Waals surface area contributed by atoms with Crippen molar-refractivity contribution < 1.29 is 9.47 Å². The molecule has 0 saturated heterocycles. The number of aromatic nitrogens is 1. The van der Waals surface area contributed by atoms with Gasteiger partial charge in [-0.3, -0.25) is 4.79 Å². The number of hydrogen-bond acceptors (Lipinski definition) is 4. The van der Waals surface area contributed by atoms with Crippen molar-refractivity contribution in [1.82, 2.24) is 4.98 Å². The molecule has 0 spiro atoms. The van der Waals surface area contributed by atoms with E-state index in [2.05, 4.69) is 4.98 Å². The first kappa shape index (κ1) is 13.7. The molecule has 1 aromatic carbocycles. The molecule has 1 aromatic heterocycles. The van der Waals surface area contributed by atoms with Crippen LogP contribution in [0, 0.1) is 18.3 Å². The van der Waals surface area contributed by atoms with Crippen molar-refractivity contribution in [3.8, 4) is 28.7 Å². The molecule has 0 aliphatic heterocycles. The highest BCUT2D eigenvalue weighted by Gasteiger charge is 2.16. The molecule has 5 heteroatoms.